The molecule has 0 atom stereocenters. The largest absolute Gasteiger partial charge is 0.397 e. The number of carbonyl (C=O) groups excluding carboxylic acids is 1. The van der Waals surface area contributed by atoms with E-state index in [0.717, 1.165) is 47.2 Å². The van der Waals surface area contributed by atoms with Gasteiger partial charge in [0, 0.05) is 21.7 Å². The molecular formula is C24H20ClN3OS. The van der Waals surface area contributed by atoms with Crippen LogP contribution in [0.2, 0.25) is 5.02 Å². The molecule has 0 aliphatic heterocycles. The second-order valence-corrected chi connectivity index (χ2v) is 8.91. The van der Waals surface area contributed by atoms with E-state index in [1.54, 1.807) is 24.3 Å². The quantitative estimate of drug-likeness (QED) is 0.396. The molecule has 0 bridgehead atoms. The van der Waals surface area contributed by atoms with Gasteiger partial charge in [0.05, 0.1) is 11.4 Å². The molecule has 1 amide bonds. The van der Waals surface area contributed by atoms with Gasteiger partial charge in [0.15, 0.2) is 0 Å². The summed E-state index contributed by atoms with van der Waals surface area (Å²) in [5.41, 5.74) is 12.4. The van der Waals surface area contributed by atoms with Crippen molar-refractivity contribution in [2.24, 2.45) is 0 Å². The number of carbonyl (C=O) groups is 1. The van der Waals surface area contributed by atoms with Crippen molar-refractivity contribution in [3.63, 3.8) is 0 Å². The van der Waals surface area contributed by atoms with Gasteiger partial charge in [0.25, 0.3) is 5.91 Å². The standard InChI is InChI=1S/C24H20ClN3OS/c25-15-10-12-16(13-11-15)27-23(29)22-20(26)19-17-8-4-5-9-18(17)21(28-24(19)30-22)14-6-2-1-3-7-14/h1-3,6-7,10-13H,4-5,8-9,26H2,(H,27,29). The number of benzene rings is 2. The first-order valence-corrected chi connectivity index (χ1v) is 11.2. The van der Waals surface area contributed by atoms with Gasteiger partial charge in [-0.3, -0.25) is 4.79 Å². The lowest BCUT2D eigenvalue weighted by atomic mass is 9.87. The van der Waals surface area contributed by atoms with E-state index < -0.39 is 0 Å². The summed E-state index contributed by atoms with van der Waals surface area (Å²) in [7, 11) is 0. The monoisotopic (exact) mass is 433 g/mol. The van der Waals surface area contributed by atoms with Crippen LogP contribution in [0, 0.1) is 0 Å². The zero-order valence-electron chi connectivity index (χ0n) is 16.2. The molecule has 1 aliphatic carbocycles. The van der Waals surface area contributed by atoms with E-state index >= 15 is 0 Å². The number of anilines is 2. The number of nitrogens with zero attached hydrogens (tertiary/aromatic N) is 1. The van der Waals surface area contributed by atoms with Crippen molar-refractivity contribution in [3.8, 4) is 11.3 Å². The number of amides is 1. The number of halogens is 1. The van der Waals surface area contributed by atoms with E-state index in [1.807, 2.05) is 18.2 Å². The maximum absolute atomic E-state index is 13.0. The number of nitrogens with one attached hydrogen (secondary N) is 1. The fraction of sp³-hybridized carbons (Fsp3) is 0.167. The third kappa shape index (κ3) is 3.34. The average molecular weight is 434 g/mol. The van der Waals surface area contributed by atoms with Gasteiger partial charge < -0.3 is 11.1 Å². The molecule has 0 fully saturated rings. The van der Waals surface area contributed by atoms with Gasteiger partial charge in [0.1, 0.15) is 9.71 Å². The lowest BCUT2D eigenvalue weighted by Gasteiger charge is -2.20. The minimum Gasteiger partial charge on any atom is -0.397 e. The summed E-state index contributed by atoms with van der Waals surface area (Å²) in [6.45, 7) is 0. The van der Waals surface area contributed by atoms with Gasteiger partial charge in [-0.1, -0.05) is 41.9 Å². The number of thiophene rings is 1. The average Bonchev–Trinajstić information content (AvgIpc) is 3.12. The number of aryl methyl sites for hydroxylation is 1. The summed E-state index contributed by atoms with van der Waals surface area (Å²) in [6, 6.07) is 17.3. The van der Waals surface area contributed by atoms with Crippen molar-refractivity contribution in [2.75, 3.05) is 11.1 Å². The van der Waals surface area contributed by atoms with Crippen molar-refractivity contribution in [1.29, 1.82) is 0 Å². The highest BCUT2D eigenvalue weighted by atomic mass is 35.5. The molecule has 4 aromatic rings. The van der Waals surface area contributed by atoms with E-state index in [4.69, 9.17) is 22.3 Å². The van der Waals surface area contributed by atoms with Crippen LogP contribution >= 0.6 is 22.9 Å². The summed E-state index contributed by atoms with van der Waals surface area (Å²) in [5.74, 6) is -0.219. The molecule has 0 spiro atoms. The van der Waals surface area contributed by atoms with Crippen molar-refractivity contribution in [2.45, 2.75) is 25.7 Å². The van der Waals surface area contributed by atoms with Gasteiger partial charge in [-0.2, -0.15) is 0 Å². The molecule has 3 N–H and O–H groups in total. The smallest absolute Gasteiger partial charge is 0.267 e. The summed E-state index contributed by atoms with van der Waals surface area (Å²) < 4.78 is 0. The molecule has 0 radical (unpaired) electrons. The lowest BCUT2D eigenvalue weighted by Crippen LogP contribution is -2.12. The molecule has 30 heavy (non-hydrogen) atoms. The minimum atomic E-state index is -0.219. The van der Waals surface area contributed by atoms with Crippen molar-refractivity contribution >= 4 is 50.4 Å². The van der Waals surface area contributed by atoms with Gasteiger partial charge >= 0.3 is 0 Å². The summed E-state index contributed by atoms with van der Waals surface area (Å²) >= 11 is 7.30. The first-order valence-electron chi connectivity index (χ1n) is 9.98. The highest BCUT2D eigenvalue weighted by Crippen LogP contribution is 2.42. The van der Waals surface area contributed by atoms with E-state index in [2.05, 4.69) is 17.4 Å². The number of aromatic nitrogens is 1. The molecule has 0 saturated heterocycles. The molecule has 0 unspecified atom stereocenters. The van der Waals surface area contributed by atoms with E-state index in [-0.39, 0.29) is 5.91 Å². The first kappa shape index (κ1) is 19.1. The van der Waals surface area contributed by atoms with Crippen LogP contribution in [-0.4, -0.2) is 10.9 Å². The molecule has 4 nitrogen and oxygen atoms in total. The van der Waals surface area contributed by atoms with Crippen molar-refractivity contribution in [1.82, 2.24) is 4.98 Å². The molecule has 5 rings (SSSR count). The predicted molar refractivity (Wildman–Crippen MR) is 126 cm³/mol. The Morgan fingerprint density at radius 2 is 1.70 bits per heavy atom. The Kier molecular flexibility index (Phi) is 4.93. The Morgan fingerprint density at radius 1 is 1.00 bits per heavy atom. The maximum atomic E-state index is 13.0. The van der Waals surface area contributed by atoms with E-state index in [0.29, 0.717) is 21.3 Å². The van der Waals surface area contributed by atoms with Gasteiger partial charge in [-0.15, -0.1) is 11.3 Å². The van der Waals surface area contributed by atoms with Crippen LogP contribution in [-0.2, 0) is 12.8 Å². The van der Waals surface area contributed by atoms with E-state index in [9.17, 15) is 4.79 Å². The third-order valence-corrected chi connectivity index (χ3v) is 6.90. The summed E-state index contributed by atoms with van der Waals surface area (Å²) in [4.78, 5) is 19.3. The van der Waals surface area contributed by atoms with Gasteiger partial charge in [-0.25, -0.2) is 4.98 Å². The Morgan fingerprint density at radius 3 is 2.43 bits per heavy atom. The van der Waals surface area contributed by atoms with Crippen molar-refractivity contribution in [3.05, 3.63) is 75.6 Å². The Bertz CT molecular complexity index is 1250. The predicted octanol–water partition coefficient (Wildman–Crippen LogP) is 6.33. The zero-order valence-corrected chi connectivity index (χ0v) is 17.8. The zero-order chi connectivity index (χ0) is 20.7. The molecule has 6 heteroatoms. The maximum Gasteiger partial charge on any atom is 0.267 e. The highest BCUT2D eigenvalue weighted by Gasteiger charge is 2.25. The van der Waals surface area contributed by atoms with Crippen LogP contribution in [0.1, 0.15) is 33.6 Å². The number of nitrogen functional groups attached to an aromatic ring is 1. The van der Waals surface area contributed by atoms with Gasteiger partial charge in [0.2, 0.25) is 0 Å². The molecule has 2 aromatic carbocycles. The minimum absolute atomic E-state index is 0.219. The van der Waals surface area contributed by atoms with E-state index in [1.165, 1.54) is 22.5 Å². The lowest BCUT2D eigenvalue weighted by molar-refractivity contribution is 0.103. The van der Waals surface area contributed by atoms with Crippen LogP contribution in [0.25, 0.3) is 21.5 Å². The van der Waals surface area contributed by atoms with Crippen LogP contribution in [0.5, 0.6) is 0 Å². The van der Waals surface area contributed by atoms with Crippen LogP contribution < -0.4 is 11.1 Å². The summed E-state index contributed by atoms with van der Waals surface area (Å²) in [6.07, 6.45) is 4.23. The van der Waals surface area contributed by atoms with Gasteiger partial charge in [-0.05, 0) is 61.1 Å². The number of pyridine rings is 1. The number of rotatable bonds is 3. The Hall–Kier alpha value is -2.89. The topological polar surface area (TPSA) is 68.0 Å². The Labute approximate surface area is 183 Å². The van der Waals surface area contributed by atoms with Crippen LogP contribution in [0.4, 0.5) is 11.4 Å². The molecule has 2 heterocycles. The fourth-order valence-electron chi connectivity index (χ4n) is 4.14. The van der Waals surface area contributed by atoms with Crippen molar-refractivity contribution < 1.29 is 4.79 Å². The molecular weight excluding hydrogens is 414 g/mol. The number of nitrogens with two attached hydrogens (primary N) is 1. The Balaban J connectivity index is 1.63. The molecule has 1 aliphatic rings. The second-order valence-electron chi connectivity index (χ2n) is 7.48. The normalized spacial score (nSPS) is 13.2. The molecule has 0 saturated carbocycles. The number of hydrogen-bond acceptors (Lipinski definition) is 4. The third-order valence-electron chi connectivity index (χ3n) is 5.55. The number of fused-ring (bicyclic) bond motifs is 3. The molecule has 150 valence electrons. The number of hydrogen-bond donors (Lipinski definition) is 2. The highest BCUT2D eigenvalue weighted by molar-refractivity contribution is 7.21. The summed E-state index contributed by atoms with van der Waals surface area (Å²) in [5, 5.41) is 4.50. The second kappa shape index (κ2) is 7.74. The first-order chi connectivity index (χ1) is 14.6. The molecule has 2 aromatic heterocycles. The van der Waals surface area contributed by atoms with Crippen LogP contribution in [0.3, 0.4) is 0 Å². The SMILES string of the molecule is Nc1c(C(=O)Nc2ccc(Cl)cc2)sc2nc(-c3ccccc3)c3c(c12)CCCC3. The fourth-order valence-corrected chi connectivity index (χ4v) is 5.29. The van der Waals surface area contributed by atoms with Crippen LogP contribution in [0.15, 0.2) is 54.6 Å².